The first kappa shape index (κ1) is 36.9. The second kappa shape index (κ2) is 16.0. The summed E-state index contributed by atoms with van der Waals surface area (Å²) < 4.78 is 11.9. The van der Waals surface area contributed by atoms with Crippen LogP contribution in [-0.4, -0.2) is 57.1 Å². The highest BCUT2D eigenvalue weighted by Gasteiger charge is 2.36. The van der Waals surface area contributed by atoms with Crippen LogP contribution in [0, 0.1) is 20.8 Å². The molecule has 10 heteroatoms. The molecular weight excluding hydrogens is 618 g/mol. The van der Waals surface area contributed by atoms with Crippen LogP contribution >= 0.6 is 0 Å². The van der Waals surface area contributed by atoms with Gasteiger partial charge in [-0.05, 0) is 101 Å². The lowest BCUT2D eigenvalue weighted by Gasteiger charge is -2.37. The Kier molecular flexibility index (Phi) is 12.0. The van der Waals surface area contributed by atoms with Gasteiger partial charge in [0.2, 0.25) is 11.8 Å². The lowest BCUT2D eigenvalue weighted by Crippen LogP contribution is -2.54. The minimum atomic E-state index is -1.02. The highest BCUT2D eigenvalue weighted by Crippen LogP contribution is 2.28. The summed E-state index contributed by atoms with van der Waals surface area (Å²) in [7, 11) is 0. The average molecular weight is 668 g/mol. The molecule has 0 aliphatic rings. The van der Waals surface area contributed by atoms with E-state index in [1.807, 2.05) is 83.1 Å². The predicted molar refractivity (Wildman–Crippen MR) is 191 cm³/mol. The number of nitrogens with two attached hydrogens (primary N) is 1. The predicted octanol–water partition coefficient (Wildman–Crippen LogP) is 6.73. The van der Waals surface area contributed by atoms with Crippen LogP contribution in [-0.2, 0) is 27.3 Å². The molecule has 0 fully saturated rings. The lowest BCUT2D eigenvalue weighted by molar-refractivity contribution is -0.140. The monoisotopic (exact) mass is 667 g/mol. The maximum atomic E-state index is 14.8. The second-order valence-electron chi connectivity index (χ2n) is 13.8. The van der Waals surface area contributed by atoms with E-state index in [9.17, 15) is 14.4 Å². The van der Waals surface area contributed by atoms with Crippen LogP contribution in [0.3, 0.4) is 0 Å². The molecule has 3 amide bonds. The summed E-state index contributed by atoms with van der Waals surface area (Å²) in [4.78, 5) is 49.9. The zero-order chi connectivity index (χ0) is 35.9. The topological polar surface area (TPSA) is 140 Å². The quantitative estimate of drug-likeness (QED) is 0.144. The molecule has 4 aromatic rings. The van der Waals surface area contributed by atoms with Gasteiger partial charge in [0.15, 0.2) is 0 Å². The minimum absolute atomic E-state index is 0.143. The summed E-state index contributed by atoms with van der Waals surface area (Å²) in [6.07, 6.45) is 1.21. The number of amides is 3. The second-order valence-corrected chi connectivity index (χ2v) is 13.8. The fourth-order valence-electron chi connectivity index (χ4n) is 5.88. The standard InChI is InChI=1S/C39H49N5O5/c1-24(2)44(37(46)32(43-38(47)49-39(6,7)8)20-31-26(4)18-30(35(40)45)19-27(31)5)34(23-48-22-28-14-10-9-11-15-28)36-41-21-33(42-36)29-16-12-13-25(3)17-29/h9-19,21,24,32,34H,20,22-23H2,1-8H3,(H2,40,45)(H,41,42)(H,43,47)/t32-,34-/m0/s1. The van der Waals surface area contributed by atoms with Gasteiger partial charge in [-0.2, -0.15) is 0 Å². The minimum Gasteiger partial charge on any atom is -0.444 e. The van der Waals surface area contributed by atoms with Gasteiger partial charge in [-0.25, -0.2) is 9.78 Å². The smallest absolute Gasteiger partial charge is 0.408 e. The molecule has 0 saturated heterocycles. The summed E-state index contributed by atoms with van der Waals surface area (Å²) in [6, 6.07) is 19.4. The first-order valence-electron chi connectivity index (χ1n) is 16.6. The average Bonchev–Trinajstić information content (AvgIpc) is 3.51. The molecule has 4 N–H and O–H groups in total. The maximum absolute atomic E-state index is 14.8. The van der Waals surface area contributed by atoms with Crippen molar-refractivity contribution in [1.29, 1.82) is 0 Å². The summed E-state index contributed by atoms with van der Waals surface area (Å²) in [5.41, 5.74) is 11.4. The number of hydrogen-bond donors (Lipinski definition) is 3. The number of rotatable bonds is 13. The molecule has 0 spiro atoms. The molecule has 49 heavy (non-hydrogen) atoms. The van der Waals surface area contributed by atoms with Gasteiger partial charge >= 0.3 is 6.09 Å². The molecule has 0 aliphatic carbocycles. The first-order chi connectivity index (χ1) is 23.1. The van der Waals surface area contributed by atoms with Crippen molar-refractivity contribution >= 4 is 17.9 Å². The van der Waals surface area contributed by atoms with Crippen molar-refractivity contribution in [3.05, 3.63) is 112 Å². The number of aromatic nitrogens is 2. The molecule has 260 valence electrons. The third-order valence-electron chi connectivity index (χ3n) is 8.15. The van der Waals surface area contributed by atoms with E-state index in [0.717, 1.165) is 39.1 Å². The van der Waals surface area contributed by atoms with Gasteiger partial charge in [0.1, 0.15) is 23.5 Å². The van der Waals surface area contributed by atoms with Gasteiger partial charge < -0.3 is 30.4 Å². The van der Waals surface area contributed by atoms with Crippen LogP contribution in [0.2, 0.25) is 0 Å². The molecule has 3 aromatic carbocycles. The molecule has 1 aromatic heterocycles. The Bertz CT molecular complexity index is 1740. The Hall–Kier alpha value is -4.96. The molecule has 2 atom stereocenters. The number of ether oxygens (including phenoxy) is 2. The Morgan fingerprint density at radius 1 is 0.959 bits per heavy atom. The Morgan fingerprint density at radius 3 is 2.22 bits per heavy atom. The van der Waals surface area contributed by atoms with Gasteiger partial charge in [0, 0.05) is 18.0 Å². The molecule has 0 saturated carbocycles. The first-order valence-corrected chi connectivity index (χ1v) is 16.6. The van der Waals surface area contributed by atoms with Gasteiger partial charge in [-0.15, -0.1) is 0 Å². The van der Waals surface area contributed by atoms with Crippen molar-refractivity contribution < 1.29 is 23.9 Å². The number of nitrogens with one attached hydrogen (secondary N) is 2. The van der Waals surface area contributed by atoms with Crippen molar-refractivity contribution in [3.8, 4) is 11.3 Å². The molecule has 0 bridgehead atoms. The zero-order valence-electron chi connectivity index (χ0n) is 29.8. The van der Waals surface area contributed by atoms with Crippen molar-refractivity contribution in [2.24, 2.45) is 5.73 Å². The van der Waals surface area contributed by atoms with E-state index in [1.165, 1.54) is 0 Å². The maximum Gasteiger partial charge on any atom is 0.408 e. The van der Waals surface area contributed by atoms with Crippen LogP contribution in [0.15, 0.2) is 72.9 Å². The summed E-state index contributed by atoms with van der Waals surface area (Å²) in [5, 5.41) is 2.86. The molecule has 10 nitrogen and oxygen atoms in total. The van der Waals surface area contributed by atoms with Gasteiger partial charge in [0.25, 0.3) is 0 Å². The third kappa shape index (κ3) is 10.0. The van der Waals surface area contributed by atoms with Gasteiger partial charge in [-0.1, -0.05) is 54.1 Å². The molecular formula is C39H49N5O5. The Labute approximate surface area is 289 Å². The lowest BCUT2D eigenvalue weighted by atomic mass is 9.93. The van der Waals surface area contributed by atoms with E-state index >= 15 is 0 Å². The number of carbonyl (C=O) groups is 3. The number of H-pyrrole nitrogens is 1. The molecule has 4 rings (SSSR count). The Morgan fingerprint density at radius 2 is 1.63 bits per heavy atom. The van der Waals surface area contributed by atoms with E-state index in [0.29, 0.717) is 18.0 Å². The summed E-state index contributed by atoms with van der Waals surface area (Å²) in [5.74, 6) is -0.314. The number of carbonyl (C=O) groups excluding carboxylic acids is 3. The third-order valence-corrected chi connectivity index (χ3v) is 8.15. The van der Waals surface area contributed by atoms with Crippen LogP contribution in [0.4, 0.5) is 4.79 Å². The SMILES string of the molecule is Cc1cccc(-c2cnc([C@H](COCc3ccccc3)N(C(=O)[C@H](Cc3c(C)cc(C(N)=O)cc3C)NC(=O)OC(C)(C)C)C(C)C)[nH]2)c1. The van der Waals surface area contributed by atoms with E-state index in [2.05, 4.69) is 16.4 Å². The number of imidazole rings is 1. The number of primary amides is 1. The largest absolute Gasteiger partial charge is 0.444 e. The van der Waals surface area contributed by atoms with Crippen LogP contribution in [0.25, 0.3) is 11.3 Å². The highest BCUT2D eigenvalue weighted by molar-refractivity contribution is 5.93. The van der Waals surface area contributed by atoms with Crippen LogP contribution in [0.1, 0.15) is 84.7 Å². The number of nitrogens with zero attached hydrogens (tertiary/aromatic N) is 2. The molecule has 0 unspecified atom stereocenters. The molecule has 1 heterocycles. The number of aromatic amines is 1. The number of alkyl carbamates (subject to hydrolysis) is 1. The number of hydrogen-bond acceptors (Lipinski definition) is 6. The highest BCUT2D eigenvalue weighted by atomic mass is 16.6. The summed E-state index contributed by atoms with van der Waals surface area (Å²) >= 11 is 0. The molecule has 0 radical (unpaired) electrons. The van der Waals surface area contributed by atoms with Gasteiger partial charge in [-0.3, -0.25) is 9.59 Å². The van der Waals surface area contributed by atoms with Crippen molar-refractivity contribution in [2.45, 2.75) is 92.1 Å². The zero-order valence-corrected chi connectivity index (χ0v) is 29.8. The van der Waals surface area contributed by atoms with E-state index in [-0.39, 0.29) is 25.0 Å². The van der Waals surface area contributed by atoms with E-state index in [4.69, 9.17) is 20.2 Å². The van der Waals surface area contributed by atoms with E-state index in [1.54, 1.807) is 44.0 Å². The van der Waals surface area contributed by atoms with E-state index < -0.39 is 29.7 Å². The van der Waals surface area contributed by atoms with Crippen LogP contribution < -0.4 is 11.1 Å². The van der Waals surface area contributed by atoms with Crippen molar-refractivity contribution in [2.75, 3.05) is 6.61 Å². The Balaban J connectivity index is 1.75. The number of benzene rings is 3. The van der Waals surface area contributed by atoms with Crippen molar-refractivity contribution in [1.82, 2.24) is 20.2 Å². The fourth-order valence-corrected chi connectivity index (χ4v) is 5.88. The summed E-state index contributed by atoms with van der Waals surface area (Å²) in [6.45, 7) is 15.4. The normalized spacial score (nSPS) is 12.8. The fraction of sp³-hybridized carbons (Fsp3) is 0.385. The van der Waals surface area contributed by atoms with Crippen molar-refractivity contribution in [3.63, 3.8) is 0 Å². The van der Waals surface area contributed by atoms with Crippen LogP contribution in [0.5, 0.6) is 0 Å². The molecule has 0 aliphatic heterocycles. The number of aryl methyl sites for hydroxylation is 3. The van der Waals surface area contributed by atoms with Gasteiger partial charge in [0.05, 0.1) is 25.1 Å².